The lowest BCUT2D eigenvalue weighted by atomic mass is 10.1. The van der Waals surface area contributed by atoms with Gasteiger partial charge in [-0.1, -0.05) is 30.3 Å². The first-order valence-electron chi connectivity index (χ1n) is 8.42. The molecular weight excluding hydrogens is 326 g/mol. The van der Waals surface area contributed by atoms with Crippen LogP contribution in [0.3, 0.4) is 0 Å². The van der Waals surface area contributed by atoms with E-state index in [4.69, 9.17) is 9.40 Å². The van der Waals surface area contributed by atoms with Gasteiger partial charge in [0, 0.05) is 10.8 Å². The number of hydrogen-bond acceptors (Lipinski definition) is 4. The average Bonchev–Trinajstić information content (AvgIpc) is 2.99. The fourth-order valence-electron chi connectivity index (χ4n) is 3.62. The van der Waals surface area contributed by atoms with E-state index in [9.17, 15) is 4.79 Å². The largest absolute Gasteiger partial charge is 0.422 e. The molecule has 5 nitrogen and oxygen atoms in total. The summed E-state index contributed by atoms with van der Waals surface area (Å²) in [6.07, 6.45) is 0. The smallest absolute Gasteiger partial charge is 0.346 e. The molecule has 2 aromatic carbocycles. The van der Waals surface area contributed by atoms with Crippen LogP contribution in [0, 0.1) is 13.8 Å². The summed E-state index contributed by atoms with van der Waals surface area (Å²) in [4.78, 5) is 17.5. The van der Waals surface area contributed by atoms with E-state index in [0.717, 1.165) is 33.4 Å². The molecule has 0 aliphatic carbocycles. The molecule has 0 saturated heterocycles. The molecule has 5 aromatic rings. The van der Waals surface area contributed by atoms with Crippen molar-refractivity contribution in [3.63, 3.8) is 0 Å². The number of pyridine rings is 1. The van der Waals surface area contributed by atoms with Crippen LogP contribution in [0.1, 0.15) is 11.3 Å². The van der Waals surface area contributed by atoms with Gasteiger partial charge in [-0.15, -0.1) is 0 Å². The Morgan fingerprint density at radius 2 is 1.65 bits per heavy atom. The Bertz CT molecular complexity index is 1360. The Balaban J connectivity index is 2.03. The van der Waals surface area contributed by atoms with Crippen molar-refractivity contribution < 1.29 is 4.42 Å². The van der Waals surface area contributed by atoms with Gasteiger partial charge in [0.05, 0.1) is 22.3 Å². The topological polar surface area (TPSA) is 60.9 Å². The van der Waals surface area contributed by atoms with Crippen LogP contribution in [-0.2, 0) is 0 Å². The maximum Gasteiger partial charge on any atom is 0.346 e. The van der Waals surface area contributed by atoms with E-state index in [1.807, 2.05) is 67.1 Å². The third-order valence-corrected chi connectivity index (χ3v) is 4.79. The van der Waals surface area contributed by atoms with Crippen LogP contribution in [0.15, 0.2) is 63.8 Å². The molecule has 0 saturated carbocycles. The molecule has 5 rings (SSSR count). The van der Waals surface area contributed by atoms with Crippen molar-refractivity contribution in [3.05, 3.63) is 76.3 Å². The summed E-state index contributed by atoms with van der Waals surface area (Å²) in [6.45, 7) is 3.87. The zero-order chi connectivity index (χ0) is 17.8. The number of rotatable bonds is 1. The van der Waals surface area contributed by atoms with E-state index in [1.165, 1.54) is 0 Å². The number of nitrogens with zero attached hydrogens (tertiary/aromatic N) is 3. The summed E-state index contributed by atoms with van der Waals surface area (Å²) in [5, 5.41) is 6.91. The molecule has 0 N–H and O–H groups in total. The molecule has 0 unspecified atom stereocenters. The molecule has 0 aliphatic rings. The third-order valence-electron chi connectivity index (χ3n) is 4.79. The van der Waals surface area contributed by atoms with E-state index in [1.54, 1.807) is 6.07 Å². The fraction of sp³-hybridized carbons (Fsp3) is 0.0952. The molecule has 3 aromatic heterocycles. The molecule has 0 spiro atoms. The van der Waals surface area contributed by atoms with Crippen molar-refractivity contribution in [3.8, 4) is 5.69 Å². The van der Waals surface area contributed by atoms with Crippen molar-refractivity contribution in [1.82, 2.24) is 14.8 Å². The van der Waals surface area contributed by atoms with Crippen LogP contribution in [0.2, 0.25) is 0 Å². The Morgan fingerprint density at radius 1 is 0.923 bits per heavy atom. The maximum atomic E-state index is 12.6. The van der Waals surface area contributed by atoms with Gasteiger partial charge in [0.1, 0.15) is 5.58 Å². The number of hydrogen-bond donors (Lipinski definition) is 0. The van der Waals surface area contributed by atoms with Gasteiger partial charge in [-0.3, -0.25) is 0 Å². The van der Waals surface area contributed by atoms with Gasteiger partial charge in [-0.05, 0) is 43.7 Å². The summed E-state index contributed by atoms with van der Waals surface area (Å²) in [5.74, 6) is 0. The monoisotopic (exact) mass is 341 g/mol. The van der Waals surface area contributed by atoms with Crippen LogP contribution in [-0.4, -0.2) is 14.8 Å². The summed E-state index contributed by atoms with van der Waals surface area (Å²) in [6, 6.07) is 17.4. The quantitative estimate of drug-likeness (QED) is 0.337. The minimum absolute atomic E-state index is 0.363. The first-order chi connectivity index (χ1) is 12.6. The van der Waals surface area contributed by atoms with Gasteiger partial charge in [0.15, 0.2) is 5.65 Å². The van der Waals surface area contributed by atoms with E-state index < -0.39 is 0 Å². The summed E-state index contributed by atoms with van der Waals surface area (Å²) < 4.78 is 7.35. The molecule has 5 heteroatoms. The Morgan fingerprint density at radius 3 is 2.46 bits per heavy atom. The normalized spacial score (nSPS) is 11.6. The minimum Gasteiger partial charge on any atom is -0.422 e. The lowest BCUT2D eigenvalue weighted by molar-refractivity contribution is 0.569. The number of aryl methyl sites for hydroxylation is 2. The van der Waals surface area contributed by atoms with Crippen LogP contribution < -0.4 is 5.63 Å². The Hall–Kier alpha value is -3.47. The van der Waals surface area contributed by atoms with Crippen molar-refractivity contribution in [2.24, 2.45) is 0 Å². The molecule has 0 radical (unpaired) electrons. The second-order valence-electron chi connectivity index (χ2n) is 6.38. The van der Waals surface area contributed by atoms with Gasteiger partial charge < -0.3 is 4.42 Å². The van der Waals surface area contributed by atoms with Crippen molar-refractivity contribution >= 4 is 32.9 Å². The molecule has 126 valence electrons. The van der Waals surface area contributed by atoms with E-state index in [2.05, 4.69) is 5.10 Å². The highest BCUT2D eigenvalue weighted by atomic mass is 16.4. The highest BCUT2D eigenvalue weighted by molar-refractivity contribution is 6.07. The lowest BCUT2D eigenvalue weighted by Crippen LogP contribution is -2.05. The van der Waals surface area contributed by atoms with Gasteiger partial charge in [-0.25, -0.2) is 14.5 Å². The van der Waals surface area contributed by atoms with E-state index in [-0.39, 0.29) is 5.63 Å². The summed E-state index contributed by atoms with van der Waals surface area (Å²) in [7, 11) is 0. The van der Waals surface area contributed by atoms with Gasteiger partial charge >= 0.3 is 5.63 Å². The van der Waals surface area contributed by atoms with Crippen LogP contribution in [0.25, 0.3) is 38.6 Å². The SMILES string of the molecule is Cc1nn(-c2ccccc2)c2nc3c(c(C)c12)c(=O)oc1ccccc13. The molecule has 0 atom stereocenters. The maximum absolute atomic E-state index is 12.6. The van der Waals surface area contributed by atoms with Crippen molar-refractivity contribution in [2.45, 2.75) is 13.8 Å². The number of fused-ring (bicyclic) bond motifs is 4. The zero-order valence-corrected chi connectivity index (χ0v) is 14.4. The zero-order valence-electron chi connectivity index (χ0n) is 14.4. The molecule has 0 fully saturated rings. The van der Waals surface area contributed by atoms with Crippen molar-refractivity contribution in [1.29, 1.82) is 0 Å². The highest BCUT2D eigenvalue weighted by Crippen LogP contribution is 2.30. The van der Waals surface area contributed by atoms with Gasteiger partial charge in [0.2, 0.25) is 0 Å². The van der Waals surface area contributed by atoms with Gasteiger partial charge in [0.25, 0.3) is 0 Å². The average molecular weight is 341 g/mol. The predicted octanol–water partition coefficient (Wildman–Crippen LogP) is 4.30. The van der Waals surface area contributed by atoms with Crippen LogP contribution in [0.5, 0.6) is 0 Å². The summed E-state index contributed by atoms with van der Waals surface area (Å²) >= 11 is 0. The molecular formula is C21H15N3O2. The summed E-state index contributed by atoms with van der Waals surface area (Å²) in [5.41, 5.74) is 4.20. The Kier molecular flexibility index (Phi) is 3.00. The van der Waals surface area contributed by atoms with Crippen LogP contribution >= 0.6 is 0 Å². The molecule has 0 aliphatic heterocycles. The molecule has 3 heterocycles. The van der Waals surface area contributed by atoms with Crippen molar-refractivity contribution in [2.75, 3.05) is 0 Å². The minimum atomic E-state index is -0.363. The third kappa shape index (κ3) is 1.94. The highest BCUT2D eigenvalue weighted by Gasteiger charge is 2.19. The molecule has 0 amide bonds. The molecule has 26 heavy (non-hydrogen) atoms. The lowest BCUT2D eigenvalue weighted by Gasteiger charge is -2.07. The molecule has 0 bridgehead atoms. The second kappa shape index (κ2) is 5.26. The van der Waals surface area contributed by atoms with E-state index in [0.29, 0.717) is 16.5 Å². The standard InChI is InChI=1S/C21H15N3O2/c1-12-17-13(2)23-24(14-8-4-3-5-9-14)20(17)22-19-15-10-6-7-11-16(15)26-21(25)18(12)19/h3-11H,1-2H3. The fourth-order valence-corrected chi connectivity index (χ4v) is 3.62. The number of para-hydroxylation sites is 2. The Labute approximate surface area is 148 Å². The first kappa shape index (κ1) is 14.8. The second-order valence-corrected chi connectivity index (χ2v) is 6.38. The van der Waals surface area contributed by atoms with E-state index >= 15 is 0 Å². The number of benzene rings is 2. The predicted molar refractivity (Wildman–Crippen MR) is 102 cm³/mol. The van der Waals surface area contributed by atoms with Gasteiger partial charge in [-0.2, -0.15) is 5.10 Å². The first-order valence-corrected chi connectivity index (χ1v) is 8.42. The number of aromatic nitrogens is 3. The van der Waals surface area contributed by atoms with Crippen LogP contribution in [0.4, 0.5) is 0 Å².